The SMILES string of the molecule is O=C(Cc1cc(O)c(O)c([N+](=O)[O-])c1)Nc1ccc(C(F)(F)F)cn1. The number of nitro benzene ring substituents is 1. The molecular weight excluding hydrogens is 347 g/mol. The van der Waals surface area contributed by atoms with Gasteiger partial charge in [-0.2, -0.15) is 13.2 Å². The molecule has 8 nitrogen and oxygen atoms in total. The average molecular weight is 357 g/mol. The zero-order valence-corrected chi connectivity index (χ0v) is 12.2. The Hall–Kier alpha value is -3.37. The van der Waals surface area contributed by atoms with Crippen LogP contribution in [0.15, 0.2) is 30.5 Å². The highest BCUT2D eigenvalue weighted by Gasteiger charge is 2.30. The van der Waals surface area contributed by atoms with Gasteiger partial charge in [-0.3, -0.25) is 14.9 Å². The first kappa shape index (κ1) is 18.0. The van der Waals surface area contributed by atoms with Gasteiger partial charge in [-0.25, -0.2) is 4.98 Å². The number of nitrogens with zero attached hydrogens (tertiary/aromatic N) is 2. The molecule has 11 heteroatoms. The molecular formula is C14H10F3N3O5. The lowest BCUT2D eigenvalue weighted by molar-refractivity contribution is -0.386. The fourth-order valence-corrected chi connectivity index (χ4v) is 1.91. The van der Waals surface area contributed by atoms with Gasteiger partial charge in [0.05, 0.1) is 16.9 Å². The Labute approximate surface area is 137 Å². The minimum absolute atomic E-state index is 0.0198. The Balaban J connectivity index is 2.11. The van der Waals surface area contributed by atoms with Crippen molar-refractivity contribution in [3.8, 4) is 11.5 Å². The van der Waals surface area contributed by atoms with Gasteiger partial charge in [-0.1, -0.05) is 0 Å². The third kappa shape index (κ3) is 4.34. The lowest BCUT2D eigenvalue weighted by Crippen LogP contribution is -2.16. The van der Waals surface area contributed by atoms with Crippen molar-refractivity contribution in [3.63, 3.8) is 0 Å². The molecule has 132 valence electrons. The molecule has 0 aliphatic carbocycles. The number of aromatic nitrogens is 1. The molecule has 0 atom stereocenters. The standard InChI is InChI=1S/C14H10F3N3O5/c15-14(16,17)8-1-2-11(18-6-8)19-12(22)5-7-3-9(20(24)25)13(23)10(21)4-7/h1-4,6,21,23H,5H2,(H,18,19,22). The van der Waals surface area contributed by atoms with Crippen LogP contribution in [-0.4, -0.2) is 26.0 Å². The van der Waals surface area contributed by atoms with E-state index in [0.717, 1.165) is 24.3 Å². The van der Waals surface area contributed by atoms with Crippen molar-refractivity contribution in [2.45, 2.75) is 12.6 Å². The molecule has 0 aliphatic heterocycles. The van der Waals surface area contributed by atoms with Crippen LogP contribution in [0.4, 0.5) is 24.7 Å². The van der Waals surface area contributed by atoms with Gasteiger partial charge in [0, 0.05) is 12.3 Å². The van der Waals surface area contributed by atoms with Crippen LogP contribution in [0.5, 0.6) is 11.5 Å². The van der Waals surface area contributed by atoms with E-state index in [0.29, 0.717) is 6.20 Å². The molecule has 0 fully saturated rings. The summed E-state index contributed by atoms with van der Waals surface area (Å²) in [6.45, 7) is 0. The Morgan fingerprint density at radius 2 is 1.96 bits per heavy atom. The molecule has 1 heterocycles. The van der Waals surface area contributed by atoms with Crippen LogP contribution in [-0.2, 0) is 17.4 Å². The van der Waals surface area contributed by atoms with Crippen LogP contribution in [0, 0.1) is 10.1 Å². The normalized spacial score (nSPS) is 11.2. The molecule has 0 aliphatic rings. The van der Waals surface area contributed by atoms with E-state index in [9.17, 15) is 38.3 Å². The van der Waals surface area contributed by atoms with E-state index in [1.165, 1.54) is 0 Å². The lowest BCUT2D eigenvalue weighted by Gasteiger charge is -2.08. The summed E-state index contributed by atoms with van der Waals surface area (Å²) in [5.74, 6) is -2.58. The Morgan fingerprint density at radius 1 is 1.28 bits per heavy atom. The number of anilines is 1. The van der Waals surface area contributed by atoms with E-state index >= 15 is 0 Å². The van der Waals surface area contributed by atoms with Gasteiger partial charge in [0.15, 0.2) is 5.75 Å². The number of hydrogen-bond donors (Lipinski definition) is 3. The quantitative estimate of drug-likeness (QED) is 0.439. The molecule has 1 aromatic heterocycles. The third-order valence-electron chi connectivity index (χ3n) is 3.05. The molecule has 3 N–H and O–H groups in total. The molecule has 25 heavy (non-hydrogen) atoms. The highest BCUT2D eigenvalue weighted by atomic mass is 19.4. The molecule has 1 aromatic carbocycles. The second-order valence-corrected chi connectivity index (χ2v) is 4.89. The summed E-state index contributed by atoms with van der Waals surface area (Å²) in [6, 6.07) is 3.55. The van der Waals surface area contributed by atoms with Gasteiger partial charge in [-0.05, 0) is 23.8 Å². The summed E-state index contributed by atoms with van der Waals surface area (Å²) < 4.78 is 37.2. The monoisotopic (exact) mass is 357 g/mol. The topological polar surface area (TPSA) is 126 Å². The summed E-state index contributed by atoms with van der Waals surface area (Å²) in [6.07, 6.45) is -4.44. The van der Waals surface area contributed by atoms with Gasteiger partial charge in [0.2, 0.25) is 11.7 Å². The maximum absolute atomic E-state index is 12.4. The van der Waals surface area contributed by atoms with Gasteiger partial charge in [0.25, 0.3) is 0 Å². The number of phenols is 2. The van der Waals surface area contributed by atoms with Gasteiger partial charge < -0.3 is 15.5 Å². The molecule has 0 unspecified atom stereocenters. The Bertz CT molecular complexity index is 822. The molecule has 1 amide bonds. The summed E-state index contributed by atoms with van der Waals surface area (Å²) in [4.78, 5) is 25.1. The van der Waals surface area contributed by atoms with E-state index in [2.05, 4.69) is 10.3 Å². The van der Waals surface area contributed by atoms with Crippen molar-refractivity contribution in [2.75, 3.05) is 5.32 Å². The number of alkyl halides is 3. The summed E-state index contributed by atoms with van der Waals surface area (Å²) >= 11 is 0. The van der Waals surface area contributed by atoms with Crippen molar-refractivity contribution < 1.29 is 33.1 Å². The minimum Gasteiger partial charge on any atom is -0.504 e. The Kier molecular flexibility index (Phi) is 4.77. The van der Waals surface area contributed by atoms with Crippen molar-refractivity contribution in [1.29, 1.82) is 0 Å². The van der Waals surface area contributed by atoms with E-state index in [-0.39, 0.29) is 11.4 Å². The first-order valence-corrected chi connectivity index (χ1v) is 6.60. The van der Waals surface area contributed by atoms with Crippen molar-refractivity contribution in [3.05, 3.63) is 51.7 Å². The van der Waals surface area contributed by atoms with Crippen molar-refractivity contribution >= 4 is 17.4 Å². The molecule has 2 rings (SSSR count). The number of halogens is 3. The zero-order chi connectivity index (χ0) is 18.8. The van der Waals surface area contributed by atoms with Crippen molar-refractivity contribution in [1.82, 2.24) is 4.98 Å². The third-order valence-corrected chi connectivity index (χ3v) is 3.05. The van der Waals surface area contributed by atoms with E-state index < -0.39 is 46.2 Å². The lowest BCUT2D eigenvalue weighted by atomic mass is 10.1. The van der Waals surface area contributed by atoms with Crippen LogP contribution in [0.25, 0.3) is 0 Å². The average Bonchev–Trinajstić information content (AvgIpc) is 2.50. The molecule has 0 saturated heterocycles. The van der Waals surface area contributed by atoms with E-state index in [1.807, 2.05) is 0 Å². The highest BCUT2D eigenvalue weighted by molar-refractivity contribution is 5.91. The van der Waals surface area contributed by atoms with Crippen LogP contribution < -0.4 is 5.32 Å². The molecule has 2 aromatic rings. The fourth-order valence-electron chi connectivity index (χ4n) is 1.91. The number of rotatable bonds is 4. The number of nitrogens with one attached hydrogen (secondary N) is 1. The van der Waals surface area contributed by atoms with E-state index in [4.69, 9.17) is 0 Å². The number of benzene rings is 1. The number of phenolic OH excluding ortho intramolecular Hbond substituents is 2. The number of carbonyl (C=O) groups excluding carboxylic acids is 1. The van der Waals surface area contributed by atoms with Gasteiger partial charge >= 0.3 is 11.9 Å². The number of aromatic hydroxyl groups is 2. The van der Waals surface area contributed by atoms with Crippen LogP contribution in [0.2, 0.25) is 0 Å². The maximum Gasteiger partial charge on any atom is 0.417 e. The van der Waals surface area contributed by atoms with Crippen LogP contribution >= 0.6 is 0 Å². The first-order valence-electron chi connectivity index (χ1n) is 6.60. The number of amides is 1. The molecule has 0 saturated carbocycles. The number of pyridine rings is 1. The van der Waals surface area contributed by atoms with Gasteiger partial charge in [0.1, 0.15) is 5.82 Å². The Morgan fingerprint density at radius 3 is 2.48 bits per heavy atom. The summed E-state index contributed by atoms with van der Waals surface area (Å²) in [5, 5.41) is 31.8. The maximum atomic E-state index is 12.4. The molecule has 0 bridgehead atoms. The molecule has 0 spiro atoms. The highest BCUT2D eigenvalue weighted by Crippen LogP contribution is 2.36. The fraction of sp³-hybridized carbons (Fsp3) is 0.143. The van der Waals surface area contributed by atoms with Gasteiger partial charge in [-0.15, -0.1) is 0 Å². The van der Waals surface area contributed by atoms with E-state index in [1.54, 1.807) is 0 Å². The van der Waals surface area contributed by atoms with Crippen molar-refractivity contribution in [2.24, 2.45) is 0 Å². The largest absolute Gasteiger partial charge is 0.504 e. The van der Waals surface area contributed by atoms with Crippen LogP contribution in [0.1, 0.15) is 11.1 Å². The second-order valence-electron chi connectivity index (χ2n) is 4.89. The predicted octanol–water partition coefficient (Wildman–Crippen LogP) is 2.60. The summed E-state index contributed by atoms with van der Waals surface area (Å²) in [7, 11) is 0. The number of hydrogen-bond acceptors (Lipinski definition) is 6. The number of carbonyl (C=O) groups is 1. The minimum atomic E-state index is -4.56. The summed E-state index contributed by atoms with van der Waals surface area (Å²) in [5.41, 5.74) is -1.74. The number of nitro groups is 1. The molecule has 0 radical (unpaired) electrons. The second kappa shape index (κ2) is 6.63. The smallest absolute Gasteiger partial charge is 0.417 e. The predicted molar refractivity (Wildman–Crippen MR) is 78.0 cm³/mol. The first-order chi connectivity index (χ1) is 11.6. The van der Waals surface area contributed by atoms with Crippen LogP contribution in [0.3, 0.4) is 0 Å². The zero-order valence-electron chi connectivity index (χ0n) is 12.2.